The van der Waals surface area contributed by atoms with Crippen molar-refractivity contribution in [1.82, 2.24) is 4.90 Å². The molecule has 0 amide bonds. The molecule has 0 aliphatic rings. The number of carbonyl (C=O) groups excluding carboxylic acids is 1. The molecule has 0 bridgehead atoms. The van der Waals surface area contributed by atoms with Crippen molar-refractivity contribution in [3.63, 3.8) is 0 Å². The number of ether oxygens (including phenoxy) is 1. The van der Waals surface area contributed by atoms with E-state index in [0.717, 1.165) is 5.56 Å². The van der Waals surface area contributed by atoms with Gasteiger partial charge in [0.15, 0.2) is 0 Å². The van der Waals surface area contributed by atoms with Gasteiger partial charge in [-0.3, -0.25) is 4.90 Å². The summed E-state index contributed by atoms with van der Waals surface area (Å²) >= 11 is 6.19. The lowest BCUT2D eigenvalue weighted by Gasteiger charge is -2.28. The maximum Gasteiger partial charge on any atom is 0.337 e. The van der Waals surface area contributed by atoms with Gasteiger partial charge in [-0.1, -0.05) is 11.6 Å². The summed E-state index contributed by atoms with van der Waals surface area (Å²) in [6.45, 7) is 6.99. The van der Waals surface area contributed by atoms with Gasteiger partial charge in [0.2, 0.25) is 0 Å². The quantitative estimate of drug-likeness (QED) is 0.821. The molecule has 5 heteroatoms. The molecule has 0 saturated heterocycles. The third-order valence-corrected chi connectivity index (χ3v) is 3.44. The highest BCUT2D eigenvalue weighted by atomic mass is 35.5. The van der Waals surface area contributed by atoms with Crippen LogP contribution in [-0.4, -0.2) is 41.8 Å². The zero-order valence-corrected chi connectivity index (χ0v) is 13.1. The third-order valence-electron chi connectivity index (χ3n) is 3.07. The summed E-state index contributed by atoms with van der Waals surface area (Å²) in [6, 6.07) is 5.35. The number of hydrogen-bond acceptors (Lipinski definition) is 4. The Bertz CT molecular complexity index is 460. The summed E-state index contributed by atoms with van der Waals surface area (Å²) in [4.78, 5) is 13.7. The van der Waals surface area contributed by atoms with E-state index in [9.17, 15) is 9.90 Å². The first-order valence-electron chi connectivity index (χ1n) is 6.64. The average Bonchev–Trinajstić information content (AvgIpc) is 2.38. The molecule has 1 N–H and O–H groups in total. The fourth-order valence-corrected chi connectivity index (χ4v) is 2.13. The molecule has 0 aliphatic heterocycles. The van der Waals surface area contributed by atoms with E-state index in [1.807, 2.05) is 0 Å². The van der Waals surface area contributed by atoms with Crippen molar-refractivity contribution in [3.05, 3.63) is 34.3 Å². The molecule has 0 aromatic heterocycles. The van der Waals surface area contributed by atoms with E-state index in [1.165, 1.54) is 7.11 Å². The summed E-state index contributed by atoms with van der Waals surface area (Å²) in [5.41, 5.74) is 1.33. The predicted octanol–water partition coefficient (Wildman–Crippen LogP) is 2.72. The minimum absolute atomic E-state index is 0.266. The van der Waals surface area contributed by atoms with Crippen LogP contribution in [0.2, 0.25) is 5.02 Å². The first-order valence-corrected chi connectivity index (χ1v) is 7.01. The number of rotatable bonds is 6. The smallest absolute Gasteiger partial charge is 0.337 e. The SMILES string of the molecule is COC(=O)c1ccc(Cl)c(CN(CC(C)O)C(C)C)c1. The van der Waals surface area contributed by atoms with Crippen molar-refractivity contribution in [3.8, 4) is 0 Å². The van der Waals surface area contributed by atoms with Crippen LogP contribution in [0.15, 0.2) is 18.2 Å². The summed E-state index contributed by atoms with van der Waals surface area (Å²) in [5.74, 6) is -0.380. The van der Waals surface area contributed by atoms with Crippen molar-refractivity contribution < 1.29 is 14.6 Å². The van der Waals surface area contributed by atoms with E-state index in [-0.39, 0.29) is 12.0 Å². The molecule has 4 nitrogen and oxygen atoms in total. The molecule has 112 valence electrons. The Morgan fingerprint density at radius 1 is 1.40 bits per heavy atom. The van der Waals surface area contributed by atoms with Crippen LogP contribution in [0.5, 0.6) is 0 Å². The van der Waals surface area contributed by atoms with Crippen LogP contribution in [0.1, 0.15) is 36.7 Å². The second kappa shape index (κ2) is 7.62. The van der Waals surface area contributed by atoms with Gasteiger partial charge in [-0.2, -0.15) is 0 Å². The van der Waals surface area contributed by atoms with Crippen molar-refractivity contribution in [2.24, 2.45) is 0 Å². The maximum absolute atomic E-state index is 11.6. The minimum atomic E-state index is -0.417. The molecule has 1 aromatic carbocycles. The van der Waals surface area contributed by atoms with Gasteiger partial charge in [-0.25, -0.2) is 4.79 Å². The molecule has 0 saturated carbocycles. The van der Waals surface area contributed by atoms with Crippen LogP contribution >= 0.6 is 11.6 Å². The van der Waals surface area contributed by atoms with E-state index in [1.54, 1.807) is 25.1 Å². The molecule has 0 radical (unpaired) electrons. The Balaban J connectivity index is 2.96. The van der Waals surface area contributed by atoms with E-state index < -0.39 is 6.10 Å². The highest BCUT2D eigenvalue weighted by Gasteiger charge is 2.16. The molecule has 1 aromatic rings. The standard InChI is InChI=1S/C15H22ClNO3/c1-10(2)17(8-11(3)18)9-13-7-12(15(19)20-4)5-6-14(13)16/h5-7,10-11,18H,8-9H2,1-4H3. The highest BCUT2D eigenvalue weighted by Crippen LogP contribution is 2.21. The van der Waals surface area contributed by atoms with Crippen LogP contribution in [0.4, 0.5) is 0 Å². The fraction of sp³-hybridized carbons (Fsp3) is 0.533. The maximum atomic E-state index is 11.6. The van der Waals surface area contributed by atoms with Crippen LogP contribution in [0, 0.1) is 0 Å². The van der Waals surface area contributed by atoms with Gasteiger partial charge in [0.25, 0.3) is 0 Å². The molecule has 0 heterocycles. The molecular formula is C15H22ClNO3. The number of nitrogens with zero attached hydrogens (tertiary/aromatic N) is 1. The lowest BCUT2D eigenvalue weighted by molar-refractivity contribution is 0.0600. The van der Waals surface area contributed by atoms with Gasteiger partial charge in [-0.05, 0) is 44.5 Å². The van der Waals surface area contributed by atoms with Crippen molar-refractivity contribution in [1.29, 1.82) is 0 Å². The van der Waals surface area contributed by atoms with Gasteiger partial charge in [-0.15, -0.1) is 0 Å². The van der Waals surface area contributed by atoms with E-state index >= 15 is 0 Å². The molecule has 0 spiro atoms. The molecule has 0 aliphatic carbocycles. The number of carbonyl (C=O) groups is 1. The van der Waals surface area contributed by atoms with E-state index in [4.69, 9.17) is 16.3 Å². The second-order valence-electron chi connectivity index (χ2n) is 5.17. The lowest BCUT2D eigenvalue weighted by Crippen LogP contribution is -2.36. The number of hydrogen-bond donors (Lipinski definition) is 1. The molecule has 1 unspecified atom stereocenters. The Morgan fingerprint density at radius 2 is 2.05 bits per heavy atom. The van der Waals surface area contributed by atoms with Crippen LogP contribution in [0.3, 0.4) is 0 Å². The van der Waals surface area contributed by atoms with Crippen molar-refractivity contribution in [2.45, 2.75) is 39.5 Å². The Kier molecular flexibility index (Phi) is 6.46. The van der Waals surface area contributed by atoms with Gasteiger partial charge in [0.1, 0.15) is 0 Å². The topological polar surface area (TPSA) is 49.8 Å². The summed E-state index contributed by atoms with van der Waals surface area (Å²) in [5, 5.41) is 10.2. The number of aliphatic hydroxyl groups excluding tert-OH is 1. The van der Waals surface area contributed by atoms with Crippen LogP contribution in [0.25, 0.3) is 0 Å². The zero-order chi connectivity index (χ0) is 15.3. The number of benzene rings is 1. The largest absolute Gasteiger partial charge is 0.465 e. The van der Waals surface area contributed by atoms with Crippen LogP contribution < -0.4 is 0 Å². The first-order chi connectivity index (χ1) is 9.35. The fourth-order valence-electron chi connectivity index (χ4n) is 1.96. The number of halogens is 1. The summed E-state index contributed by atoms with van der Waals surface area (Å²) in [7, 11) is 1.35. The van der Waals surface area contributed by atoms with E-state index in [2.05, 4.69) is 18.7 Å². The number of methoxy groups -OCH3 is 1. The Labute approximate surface area is 125 Å². The van der Waals surface area contributed by atoms with Gasteiger partial charge >= 0.3 is 5.97 Å². The van der Waals surface area contributed by atoms with Gasteiger partial charge in [0.05, 0.1) is 18.8 Å². The molecule has 0 fully saturated rings. The molecule has 20 heavy (non-hydrogen) atoms. The first kappa shape index (κ1) is 17.0. The number of aliphatic hydroxyl groups is 1. The Hall–Kier alpha value is -1.10. The second-order valence-corrected chi connectivity index (χ2v) is 5.58. The monoisotopic (exact) mass is 299 g/mol. The Morgan fingerprint density at radius 3 is 2.55 bits per heavy atom. The number of esters is 1. The molecule has 1 rings (SSSR count). The van der Waals surface area contributed by atoms with Gasteiger partial charge < -0.3 is 9.84 Å². The molecular weight excluding hydrogens is 278 g/mol. The summed E-state index contributed by atoms with van der Waals surface area (Å²) in [6.07, 6.45) is -0.417. The minimum Gasteiger partial charge on any atom is -0.465 e. The lowest BCUT2D eigenvalue weighted by atomic mass is 10.1. The molecule has 1 atom stereocenters. The predicted molar refractivity (Wildman–Crippen MR) is 80.0 cm³/mol. The third kappa shape index (κ3) is 4.78. The van der Waals surface area contributed by atoms with E-state index in [0.29, 0.717) is 23.7 Å². The van der Waals surface area contributed by atoms with Crippen molar-refractivity contribution >= 4 is 17.6 Å². The van der Waals surface area contributed by atoms with Gasteiger partial charge in [0, 0.05) is 24.2 Å². The van der Waals surface area contributed by atoms with Crippen molar-refractivity contribution in [2.75, 3.05) is 13.7 Å². The average molecular weight is 300 g/mol. The highest BCUT2D eigenvalue weighted by molar-refractivity contribution is 6.31. The normalized spacial score (nSPS) is 12.8. The summed E-state index contributed by atoms with van der Waals surface area (Å²) < 4.78 is 4.71. The zero-order valence-electron chi connectivity index (χ0n) is 12.4. The van der Waals surface area contributed by atoms with Crippen LogP contribution in [-0.2, 0) is 11.3 Å².